The van der Waals surface area contributed by atoms with Gasteiger partial charge >= 0.3 is 0 Å². The van der Waals surface area contributed by atoms with Crippen LogP contribution in [0.5, 0.6) is 0 Å². The fraction of sp³-hybridized carbons (Fsp3) is 0.562. The number of aromatic nitrogens is 3. The van der Waals surface area contributed by atoms with Crippen molar-refractivity contribution in [2.75, 3.05) is 0 Å². The van der Waals surface area contributed by atoms with Gasteiger partial charge in [0.25, 0.3) is 0 Å². The van der Waals surface area contributed by atoms with E-state index >= 15 is 0 Å². The fourth-order valence-corrected chi connectivity index (χ4v) is 3.89. The first-order chi connectivity index (χ1) is 10.6. The van der Waals surface area contributed by atoms with Gasteiger partial charge in [0.15, 0.2) is 0 Å². The molecule has 0 bridgehead atoms. The van der Waals surface area contributed by atoms with Crippen LogP contribution in [0.25, 0.3) is 0 Å². The van der Waals surface area contributed by atoms with E-state index in [0.717, 1.165) is 23.4 Å². The Labute approximate surface area is 134 Å². The topological polar surface area (TPSA) is 59.8 Å². The lowest BCUT2D eigenvalue weighted by molar-refractivity contribution is -0.122. The van der Waals surface area contributed by atoms with Gasteiger partial charge in [-0.1, -0.05) is 0 Å². The Bertz CT molecular complexity index is 637. The van der Waals surface area contributed by atoms with Crippen LogP contribution in [0.1, 0.15) is 53.4 Å². The largest absolute Gasteiger partial charge is 0.347 e. The monoisotopic (exact) mass is 318 g/mol. The van der Waals surface area contributed by atoms with Gasteiger partial charge in [-0.25, -0.2) is 4.98 Å². The predicted octanol–water partition coefficient (Wildman–Crippen LogP) is 2.79. The Morgan fingerprint density at radius 1 is 1.45 bits per heavy atom. The van der Waals surface area contributed by atoms with E-state index in [1.165, 1.54) is 23.4 Å². The zero-order valence-electron chi connectivity index (χ0n) is 13.1. The molecule has 1 atom stereocenters. The van der Waals surface area contributed by atoms with Gasteiger partial charge in [-0.15, -0.1) is 11.3 Å². The minimum atomic E-state index is -0.0116. The van der Waals surface area contributed by atoms with E-state index in [0.29, 0.717) is 13.0 Å². The highest BCUT2D eigenvalue weighted by molar-refractivity contribution is 7.11. The van der Waals surface area contributed by atoms with Gasteiger partial charge in [-0.3, -0.25) is 9.48 Å². The van der Waals surface area contributed by atoms with Crippen LogP contribution in [-0.4, -0.2) is 20.7 Å². The second kappa shape index (κ2) is 6.60. The van der Waals surface area contributed by atoms with Crippen LogP contribution in [0.2, 0.25) is 0 Å². The van der Waals surface area contributed by atoms with Crippen LogP contribution in [-0.2, 0) is 24.2 Å². The maximum atomic E-state index is 12.1. The summed E-state index contributed by atoms with van der Waals surface area (Å²) < 4.78 is 1.81. The van der Waals surface area contributed by atoms with Gasteiger partial charge in [0.05, 0.1) is 17.9 Å². The van der Waals surface area contributed by atoms with Crippen LogP contribution in [0.4, 0.5) is 0 Å². The molecule has 0 aromatic carbocycles. The molecule has 0 aliphatic heterocycles. The summed E-state index contributed by atoms with van der Waals surface area (Å²) >= 11 is 1.76. The summed E-state index contributed by atoms with van der Waals surface area (Å²) in [6.45, 7) is 4.62. The van der Waals surface area contributed by atoms with Crippen LogP contribution in [0.15, 0.2) is 12.4 Å². The second-order valence-corrected chi connectivity index (χ2v) is 7.06. The van der Waals surface area contributed by atoms with E-state index in [-0.39, 0.29) is 11.9 Å². The van der Waals surface area contributed by atoms with Crippen molar-refractivity contribution in [1.29, 1.82) is 0 Å². The molecule has 2 aromatic rings. The molecule has 1 N–H and O–H groups in total. The molecule has 118 valence electrons. The van der Waals surface area contributed by atoms with Crippen LogP contribution < -0.4 is 5.32 Å². The highest BCUT2D eigenvalue weighted by Gasteiger charge is 2.19. The molecular weight excluding hydrogens is 296 g/mol. The minimum Gasteiger partial charge on any atom is -0.347 e. The Balaban J connectivity index is 1.53. The van der Waals surface area contributed by atoms with Crippen molar-refractivity contribution in [3.63, 3.8) is 0 Å². The molecule has 0 spiro atoms. The lowest BCUT2D eigenvalue weighted by atomic mass is 10.0. The van der Waals surface area contributed by atoms with Crippen molar-refractivity contribution in [1.82, 2.24) is 20.1 Å². The average Bonchev–Trinajstić information content (AvgIpc) is 3.11. The number of rotatable bonds is 5. The summed E-state index contributed by atoms with van der Waals surface area (Å²) in [6.07, 6.45) is 8.93. The van der Waals surface area contributed by atoms with Crippen molar-refractivity contribution >= 4 is 17.2 Å². The lowest BCUT2D eigenvalue weighted by Gasteiger charge is -2.11. The number of aryl methyl sites for hydroxylation is 4. The normalized spacial score (nSPS) is 15.4. The lowest BCUT2D eigenvalue weighted by Crippen LogP contribution is -2.27. The molecule has 0 saturated carbocycles. The molecule has 3 rings (SSSR count). The molecule has 6 heteroatoms. The quantitative estimate of drug-likeness (QED) is 0.922. The number of nitrogens with one attached hydrogen (secondary N) is 1. The van der Waals surface area contributed by atoms with Crippen LogP contribution in [0, 0.1) is 6.92 Å². The summed E-state index contributed by atoms with van der Waals surface area (Å²) in [6, 6.07) is -0.0116. The van der Waals surface area contributed by atoms with E-state index < -0.39 is 0 Å². The van der Waals surface area contributed by atoms with Gasteiger partial charge in [0, 0.05) is 24.0 Å². The third-order valence-electron chi connectivity index (χ3n) is 3.94. The molecule has 22 heavy (non-hydrogen) atoms. The number of amides is 1. The maximum Gasteiger partial charge on any atom is 0.222 e. The molecule has 0 radical (unpaired) electrons. The number of fused-ring (bicyclic) bond motifs is 1. The third-order valence-corrected chi connectivity index (χ3v) is 5.28. The number of nitrogens with zero attached hydrogens (tertiary/aromatic N) is 3. The van der Waals surface area contributed by atoms with Crippen molar-refractivity contribution in [2.45, 2.75) is 58.5 Å². The summed E-state index contributed by atoms with van der Waals surface area (Å²) in [4.78, 5) is 18.2. The summed E-state index contributed by atoms with van der Waals surface area (Å²) in [5.41, 5.74) is 2.36. The number of thiazole rings is 1. The molecule has 0 unspecified atom stereocenters. The van der Waals surface area contributed by atoms with Gasteiger partial charge in [-0.2, -0.15) is 5.10 Å². The molecular formula is C16H22N4OS. The van der Waals surface area contributed by atoms with Gasteiger partial charge in [0.2, 0.25) is 5.91 Å². The van der Waals surface area contributed by atoms with Gasteiger partial charge in [0.1, 0.15) is 5.01 Å². The standard InChI is InChI=1S/C16H22N4OS/c1-11-9-17-20(10-11)8-7-15(21)18-12(2)16-19-13-5-3-4-6-14(13)22-16/h9-10,12H,3-8H2,1-2H3,(H,18,21)/t12-/m0/s1. The average molecular weight is 318 g/mol. The minimum absolute atomic E-state index is 0.0116. The van der Waals surface area contributed by atoms with Gasteiger partial charge < -0.3 is 5.32 Å². The first-order valence-electron chi connectivity index (χ1n) is 7.88. The van der Waals surface area contributed by atoms with E-state index in [9.17, 15) is 4.79 Å². The Morgan fingerprint density at radius 2 is 2.27 bits per heavy atom. The Hall–Kier alpha value is -1.69. The molecule has 1 amide bonds. The smallest absolute Gasteiger partial charge is 0.222 e. The van der Waals surface area contributed by atoms with Crippen molar-refractivity contribution < 1.29 is 4.79 Å². The Morgan fingerprint density at radius 3 is 3.00 bits per heavy atom. The highest BCUT2D eigenvalue weighted by Crippen LogP contribution is 2.29. The van der Waals surface area contributed by atoms with E-state index in [4.69, 9.17) is 4.98 Å². The number of carbonyl (C=O) groups excluding carboxylic acids is 1. The van der Waals surface area contributed by atoms with E-state index in [2.05, 4.69) is 10.4 Å². The van der Waals surface area contributed by atoms with Crippen molar-refractivity contribution in [3.8, 4) is 0 Å². The number of hydrogen-bond acceptors (Lipinski definition) is 4. The van der Waals surface area contributed by atoms with E-state index in [1.807, 2.05) is 24.7 Å². The molecule has 5 nitrogen and oxygen atoms in total. The zero-order valence-corrected chi connectivity index (χ0v) is 13.9. The third kappa shape index (κ3) is 3.55. The number of carbonyl (C=O) groups is 1. The van der Waals surface area contributed by atoms with Crippen molar-refractivity contribution in [3.05, 3.63) is 33.5 Å². The highest BCUT2D eigenvalue weighted by atomic mass is 32.1. The molecule has 1 aliphatic carbocycles. The van der Waals surface area contributed by atoms with Gasteiger partial charge in [-0.05, 0) is 45.1 Å². The Kier molecular flexibility index (Phi) is 4.57. The summed E-state index contributed by atoms with van der Waals surface area (Å²) in [5.74, 6) is 0.0498. The van der Waals surface area contributed by atoms with Crippen LogP contribution >= 0.6 is 11.3 Å². The molecule has 0 fully saturated rings. The molecule has 0 saturated heterocycles. The SMILES string of the molecule is Cc1cnn(CCC(=O)N[C@@H](C)c2nc3c(s2)CCCC3)c1. The predicted molar refractivity (Wildman–Crippen MR) is 86.9 cm³/mol. The van der Waals surface area contributed by atoms with Crippen LogP contribution in [0.3, 0.4) is 0 Å². The van der Waals surface area contributed by atoms with Crippen molar-refractivity contribution in [2.24, 2.45) is 0 Å². The summed E-state index contributed by atoms with van der Waals surface area (Å²) in [5, 5.41) is 8.28. The zero-order chi connectivity index (χ0) is 15.5. The number of hydrogen-bond donors (Lipinski definition) is 1. The molecule has 2 heterocycles. The molecule has 2 aromatic heterocycles. The first-order valence-corrected chi connectivity index (χ1v) is 8.70. The fourth-order valence-electron chi connectivity index (χ4n) is 2.74. The van der Waals surface area contributed by atoms with E-state index in [1.54, 1.807) is 17.5 Å². The molecule has 1 aliphatic rings. The maximum absolute atomic E-state index is 12.1. The first kappa shape index (κ1) is 15.2. The second-order valence-electron chi connectivity index (χ2n) is 5.95. The summed E-state index contributed by atoms with van der Waals surface area (Å²) in [7, 11) is 0.